The summed E-state index contributed by atoms with van der Waals surface area (Å²) in [5, 5.41) is 3.57. The van der Waals surface area contributed by atoms with Gasteiger partial charge in [-0.2, -0.15) is 0 Å². The zero-order valence-corrected chi connectivity index (χ0v) is 16.6. The van der Waals surface area contributed by atoms with Crippen molar-refractivity contribution in [3.63, 3.8) is 0 Å². The van der Waals surface area contributed by atoms with Gasteiger partial charge < -0.3 is 20.0 Å². The summed E-state index contributed by atoms with van der Waals surface area (Å²) in [5.74, 6) is -0.279. The third-order valence-electron chi connectivity index (χ3n) is 5.35. The van der Waals surface area contributed by atoms with Gasteiger partial charge in [-0.15, -0.1) is 0 Å². The second kappa shape index (κ2) is 8.29. The van der Waals surface area contributed by atoms with Crippen molar-refractivity contribution in [2.75, 3.05) is 42.5 Å². The first-order valence-corrected chi connectivity index (χ1v) is 10.00. The van der Waals surface area contributed by atoms with Gasteiger partial charge in [0.05, 0.1) is 11.7 Å². The molecule has 0 radical (unpaired) electrons. The molecule has 0 spiro atoms. The quantitative estimate of drug-likeness (QED) is 0.836. The van der Waals surface area contributed by atoms with Crippen molar-refractivity contribution in [2.45, 2.75) is 12.5 Å². The van der Waals surface area contributed by atoms with Gasteiger partial charge in [0.1, 0.15) is 5.82 Å². The standard InChI is InChI=1S/C21H22ClFN4O2/c22-15-5-7-17(8-6-15)27-14-16(13-20(27)28)24-21(29)26-11-9-25(10-12-26)19-4-2-1-3-18(19)23/h1-8,16H,9-14H2,(H,24,29). The van der Waals surface area contributed by atoms with Crippen LogP contribution in [0.5, 0.6) is 0 Å². The maximum atomic E-state index is 14.0. The number of halogens is 2. The van der Waals surface area contributed by atoms with Crippen LogP contribution in [0.3, 0.4) is 0 Å². The minimum absolute atomic E-state index is 0.0259. The largest absolute Gasteiger partial charge is 0.366 e. The molecule has 3 amide bonds. The summed E-state index contributed by atoms with van der Waals surface area (Å²) in [6.45, 7) is 2.56. The number of carbonyl (C=O) groups is 2. The Morgan fingerprint density at radius 2 is 1.72 bits per heavy atom. The Morgan fingerprint density at radius 3 is 2.41 bits per heavy atom. The minimum atomic E-state index is -0.253. The fourth-order valence-corrected chi connectivity index (χ4v) is 3.93. The van der Waals surface area contributed by atoms with E-state index in [0.29, 0.717) is 43.4 Å². The van der Waals surface area contributed by atoms with Crippen molar-refractivity contribution in [2.24, 2.45) is 0 Å². The number of anilines is 2. The lowest BCUT2D eigenvalue weighted by molar-refractivity contribution is -0.117. The van der Waals surface area contributed by atoms with Crippen molar-refractivity contribution in [1.29, 1.82) is 0 Å². The number of nitrogens with zero attached hydrogens (tertiary/aromatic N) is 3. The number of piperazine rings is 1. The van der Waals surface area contributed by atoms with Crippen LogP contribution in [0, 0.1) is 5.82 Å². The lowest BCUT2D eigenvalue weighted by atomic mass is 10.2. The average Bonchev–Trinajstić information content (AvgIpc) is 3.09. The predicted molar refractivity (Wildman–Crippen MR) is 111 cm³/mol. The summed E-state index contributed by atoms with van der Waals surface area (Å²) < 4.78 is 14.0. The molecular formula is C21H22ClFN4O2. The molecule has 1 unspecified atom stereocenters. The second-order valence-corrected chi connectivity index (χ2v) is 7.69. The van der Waals surface area contributed by atoms with E-state index in [0.717, 1.165) is 5.69 Å². The highest BCUT2D eigenvalue weighted by molar-refractivity contribution is 6.30. The summed E-state index contributed by atoms with van der Waals surface area (Å²) in [5.41, 5.74) is 1.34. The molecule has 2 fully saturated rings. The molecule has 2 aromatic carbocycles. The SMILES string of the molecule is O=C(NC1CC(=O)N(c2ccc(Cl)cc2)C1)N1CCN(c2ccccc2F)CC1. The van der Waals surface area contributed by atoms with Crippen molar-refractivity contribution in [3.05, 3.63) is 59.4 Å². The number of carbonyl (C=O) groups excluding carboxylic acids is 2. The molecule has 2 saturated heterocycles. The Balaban J connectivity index is 1.31. The zero-order valence-electron chi connectivity index (χ0n) is 15.9. The van der Waals surface area contributed by atoms with Crippen molar-refractivity contribution in [3.8, 4) is 0 Å². The van der Waals surface area contributed by atoms with E-state index in [-0.39, 0.29) is 30.2 Å². The number of urea groups is 1. The molecule has 6 nitrogen and oxygen atoms in total. The molecule has 0 aromatic heterocycles. The number of hydrogen-bond donors (Lipinski definition) is 1. The van der Waals surface area contributed by atoms with E-state index in [1.807, 2.05) is 4.90 Å². The summed E-state index contributed by atoms with van der Waals surface area (Å²) in [7, 11) is 0. The highest BCUT2D eigenvalue weighted by Gasteiger charge is 2.33. The predicted octanol–water partition coefficient (Wildman–Crippen LogP) is 3.12. The van der Waals surface area contributed by atoms with E-state index in [1.54, 1.807) is 52.3 Å². The number of rotatable bonds is 3. The van der Waals surface area contributed by atoms with E-state index < -0.39 is 0 Å². The first kappa shape index (κ1) is 19.5. The molecule has 2 aliphatic rings. The van der Waals surface area contributed by atoms with Crippen molar-refractivity contribution < 1.29 is 14.0 Å². The molecule has 2 aromatic rings. The van der Waals surface area contributed by atoms with E-state index >= 15 is 0 Å². The fraction of sp³-hybridized carbons (Fsp3) is 0.333. The van der Waals surface area contributed by atoms with Gasteiger partial charge in [-0.1, -0.05) is 23.7 Å². The molecular weight excluding hydrogens is 395 g/mol. The maximum Gasteiger partial charge on any atom is 0.317 e. The molecule has 0 saturated carbocycles. The fourth-order valence-electron chi connectivity index (χ4n) is 3.80. The molecule has 8 heteroatoms. The first-order valence-electron chi connectivity index (χ1n) is 9.62. The Kier molecular flexibility index (Phi) is 5.58. The molecule has 29 heavy (non-hydrogen) atoms. The number of nitrogens with one attached hydrogen (secondary N) is 1. The van der Waals surface area contributed by atoms with Crippen LogP contribution in [0.2, 0.25) is 5.02 Å². The normalized spacial score (nSPS) is 19.6. The number of para-hydroxylation sites is 1. The van der Waals surface area contributed by atoms with Crippen molar-refractivity contribution in [1.82, 2.24) is 10.2 Å². The van der Waals surface area contributed by atoms with E-state index in [9.17, 15) is 14.0 Å². The molecule has 0 aliphatic carbocycles. The van der Waals surface area contributed by atoms with Crippen LogP contribution in [0.15, 0.2) is 48.5 Å². The summed E-state index contributed by atoms with van der Waals surface area (Å²) in [6, 6.07) is 13.3. The molecule has 2 heterocycles. The average molecular weight is 417 g/mol. The van der Waals surface area contributed by atoms with Gasteiger partial charge in [0.15, 0.2) is 0 Å². The Morgan fingerprint density at radius 1 is 1.03 bits per heavy atom. The van der Waals surface area contributed by atoms with Gasteiger partial charge in [-0.05, 0) is 36.4 Å². The summed E-state index contributed by atoms with van der Waals surface area (Å²) in [4.78, 5) is 30.3. The highest BCUT2D eigenvalue weighted by Crippen LogP contribution is 2.24. The summed E-state index contributed by atoms with van der Waals surface area (Å²) in [6.07, 6.45) is 0.267. The van der Waals surface area contributed by atoms with Crippen LogP contribution >= 0.6 is 11.6 Å². The van der Waals surface area contributed by atoms with Crippen LogP contribution in [-0.2, 0) is 4.79 Å². The van der Waals surface area contributed by atoms with Crippen LogP contribution in [0.1, 0.15) is 6.42 Å². The van der Waals surface area contributed by atoms with Gasteiger partial charge in [0.25, 0.3) is 0 Å². The molecule has 4 rings (SSSR count). The number of amides is 3. The second-order valence-electron chi connectivity index (χ2n) is 7.26. The zero-order chi connectivity index (χ0) is 20.4. The van der Waals surface area contributed by atoms with E-state index in [2.05, 4.69) is 5.32 Å². The van der Waals surface area contributed by atoms with Gasteiger partial charge in [0, 0.05) is 49.9 Å². The molecule has 1 atom stereocenters. The topological polar surface area (TPSA) is 55.9 Å². The monoisotopic (exact) mass is 416 g/mol. The Labute approximate surface area is 173 Å². The maximum absolute atomic E-state index is 14.0. The summed E-state index contributed by atoms with van der Waals surface area (Å²) >= 11 is 5.91. The van der Waals surface area contributed by atoms with Gasteiger partial charge in [-0.3, -0.25) is 4.79 Å². The van der Waals surface area contributed by atoms with Crippen LogP contribution in [-0.4, -0.2) is 55.6 Å². The van der Waals surface area contributed by atoms with Gasteiger partial charge in [0.2, 0.25) is 5.91 Å². The molecule has 1 N–H and O–H groups in total. The Hall–Kier alpha value is -2.80. The molecule has 152 valence electrons. The molecule has 0 bridgehead atoms. The lowest BCUT2D eigenvalue weighted by Gasteiger charge is -2.36. The first-order chi connectivity index (χ1) is 14.0. The van der Waals surface area contributed by atoms with E-state index in [4.69, 9.17) is 11.6 Å². The smallest absolute Gasteiger partial charge is 0.317 e. The lowest BCUT2D eigenvalue weighted by Crippen LogP contribution is -2.54. The van der Waals surface area contributed by atoms with Crippen LogP contribution < -0.4 is 15.1 Å². The number of hydrogen-bond acceptors (Lipinski definition) is 3. The number of benzene rings is 2. The minimum Gasteiger partial charge on any atom is -0.366 e. The third-order valence-corrected chi connectivity index (χ3v) is 5.60. The van der Waals surface area contributed by atoms with Crippen LogP contribution in [0.4, 0.5) is 20.6 Å². The van der Waals surface area contributed by atoms with Gasteiger partial charge >= 0.3 is 6.03 Å². The Bertz CT molecular complexity index is 900. The van der Waals surface area contributed by atoms with Crippen LogP contribution in [0.25, 0.3) is 0 Å². The van der Waals surface area contributed by atoms with Gasteiger partial charge in [-0.25, -0.2) is 9.18 Å². The van der Waals surface area contributed by atoms with Crippen molar-refractivity contribution >= 4 is 34.9 Å². The molecule has 2 aliphatic heterocycles. The van der Waals surface area contributed by atoms with E-state index in [1.165, 1.54) is 6.07 Å². The highest BCUT2D eigenvalue weighted by atomic mass is 35.5. The third kappa shape index (κ3) is 4.29.